The van der Waals surface area contributed by atoms with Crippen LogP contribution in [0, 0.1) is 18.6 Å². The second-order valence-electron chi connectivity index (χ2n) is 6.56. The van der Waals surface area contributed by atoms with Gasteiger partial charge in [0.25, 0.3) is 0 Å². The van der Waals surface area contributed by atoms with E-state index in [1.807, 2.05) is 0 Å². The van der Waals surface area contributed by atoms with E-state index in [0.29, 0.717) is 38.3 Å². The molecule has 0 amide bonds. The Kier molecular flexibility index (Phi) is 5.78. The number of rotatable bonds is 5. The van der Waals surface area contributed by atoms with Crippen molar-refractivity contribution < 1.29 is 21.9 Å². The molecule has 1 aliphatic rings. The molecule has 0 N–H and O–H groups in total. The fourth-order valence-corrected chi connectivity index (χ4v) is 4.86. The third kappa shape index (κ3) is 4.28. The molecule has 1 saturated heterocycles. The van der Waals surface area contributed by atoms with Gasteiger partial charge in [0.1, 0.15) is 5.82 Å². The number of halogens is 2. The first kappa shape index (κ1) is 19.7. The summed E-state index contributed by atoms with van der Waals surface area (Å²) in [7, 11) is -2.24. The Morgan fingerprint density at radius 1 is 1.04 bits per heavy atom. The van der Waals surface area contributed by atoms with E-state index in [4.69, 9.17) is 4.74 Å². The van der Waals surface area contributed by atoms with E-state index >= 15 is 0 Å². The number of sulfonamides is 1. The van der Waals surface area contributed by atoms with Gasteiger partial charge in [-0.15, -0.1) is 0 Å². The molecular formula is C19H22F2N2O3S. The Hall–Kier alpha value is -2.03. The average Bonchev–Trinajstić information content (AvgIpc) is 2.62. The molecule has 1 aliphatic heterocycles. The van der Waals surface area contributed by atoms with Crippen molar-refractivity contribution in [2.45, 2.75) is 18.4 Å². The Labute approximate surface area is 158 Å². The van der Waals surface area contributed by atoms with Crippen LogP contribution < -0.4 is 4.74 Å². The van der Waals surface area contributed by atoms with Crippen LogP contribution in [0.2, 0.25) is 0 Å². The van der Waals surface area contributed by atoms with Gasteiger partial charge in [0.05, 0.1) is 12.0 Å². The van der Waals surface area contributed by atoms with Crippen LogP contribution in [0.4, 0.5) is 8.78 Å². The van der Waals surface area contributed by atoms with Gasteiger partial charge in [-0.05, 0) is 48.4 Å². The summed E-state index contributed by atoms with van der Waals surface area (Å²) >= 11 is 0. The third-order valence-electron chi connectivity index (χ3n) is 4.71. The SMILES string of the molecule is COc1ccc(CN2CCN(S(=O)(=O)c3ccc(F)cc3C)CC2)cc1F. The Morgan fingerprint density at radius 2 is 1.74 bits per heavy atom. The second-order valence-corrected chi connectivity index (χ2v) is 8.47. The van der Waals surface area contributed by atoms with E-state index in [-0.39, 0.29) is 10.6 Å². The highest BCUT2D eigenvalue weighted by atomic mass is 32.2. The molecule has 0 saturated carbocycles. The van der Waals surface area contributed by atoms with Gasteiger partial charge in [-0.1, -0.05) is 6.07 Å². The van der Waals surface area contributed by atoms with E-state index in [9.17, 15) is 17.2 Å². The van der Waals surface area contributed by atoms with Crippen molar-refractivity contribution in [3.63, 3.8) is 0 Å². The van der Waals surface area contributed by atoms with Gasteiger partial charge in [0.15, 0.2) is 11.6 Å². The molecule has 1 heterocycles. The lowest BCUT2D eigenvalue weighted by Gasteiger charge is -2.34. The van der Waals surface area contributed by atoms with Gasteiger partial charge in [-0.2, -0.15) is 4.31 Å². The maximum absolute atomic E-state index is 13.8. The molecule has 146 valence electrons. The van der Waals surface area contributed by atoms with Crippen molar-refractivity contribution >= 4 is 10.0 Å². The predicted molar refractivity (Wildman–Crippen MR) is 98.1 cm³/mol. The summed E-state index contributed by atoms with van der Waals surface area (Å²) < 4.78 is 59.1. The summed E-state index contributed by atoms with van der Waals surface area (Å²) in [5.41, 5.74) is 1.20. The fraction of sp³-hybridized carbons (Fsp3) is 0.368. The summed E-state index contributed by atoms with van der Waals surface area (Å²) in [5.74, 6) is -0.671. The van der Waals surface area contributed by atoms with Crippen LogP contribution in [0.25, 0.3) is 0 Å². The Bertz CT molecular complexity index is 927. The van der Waals surface area contributed by atoms with Gasteiger partial charge in [-0.25, -0.2) is 17.2 Å². The molecule has 27 heavy (non-hydrogen) atoms. The molecule has 5 nitrogen and oxygen atoms in total. The summed E-state index contributed by atoms with van der Waals surface area (Å²) in [4.78, 5) is 2.21. The maximum atomic E-state index is 13.8. The summed E-state index contributed by atoms with van der Waals surface area (Å²) in [5, 5.41) is 0. The molecule has 0 atom stereocenters. The number of aryl methyl sites for hydroxylation is 1. The smallest absolute Gasteiger partial charge is 0.243 e. The quantitative estimate of drug-likeness (QED) is 0.780. The van der Waals surface area contributed by atoms with Crippen molar-refractivity contribution in [2.24, 2.45) is 0 Å². The van der Waals surface area contributed by atoms with Crippen LogP contribution in [0.1, 0.15) is 11.1 Å². The highest BCUT2D eigenvalue weighted by Crippen LogP contribution is 2.23. The highest BCUT2D eigenvalue weighted by Gasteiger charge is 2.29. The van der Waals surface area contributed by atoms with E-state index in [1.165, 1.54) is 29.6 Å². The van der Waals surface area contributed by atoms with Gasteiger partial charge in [-0.3, -0.25) is 4.90 Å². The van der Waals surface area contributed by atoms with Crippen molar-refractivity contribution in [3.8, 4) is 5.75 Å². The standard InChI is InChI=1S/C19H22F2N2O3S/c1-14-11-16(20)4-6-19(14)27(24,25)23-9-7-22(8-10-23)13-15-3-5-18(26-2)17(21)12-15/h3-6,11-12H,7-10,13H2,1-2H3. The van der Waals surface area contributed by atoms with Crippen LogP contribution in [-0.2, 0) is 16.6 Å². The first-order valence-corrected chi connectivity index (χ1v) is 10.1. The Morgan fingerprint density at radius 3 is 2.33 bits per heavy atom. The molecule has 0 aromatic heterocycles. The normalized spacial score (nSPS) is 16.4. The van der Waals surface area contributed by atoms with E-state index in [0.717, 1.165) is 11.6 Å². The number of hydrogen-bond acceptors (Lipinski definition) is 4. The molecule has 0 aliphatic carbocycles. The first-order valence-electron chi connectivity index (χ1n) is 8.62. The van der Waals surface area contributed by atoms with E-state index in [1.54, 1.807) is 19.1 Å². The molecule has 1 fully saturated rings. The van der Waals surface area contributed by atoms with Gasteiger partial charge in [0, 0.05) is 32.7 Å². The molecule has 0 radical (unpaired) electrons. The van der Waals surface area contributed by atoms with Crippen molar-refractivity contribution in [3.05, 3.63) is 59.2 Å². The number of ether oxygens (including phenoxy) is 1. The largest absolute Gasteiger partial charge is 0.494 e. The van der Waals surface area contributed by atoms with Crippen LogP contribution in [0.15, 0.2) is 41.3 Å². The van der Waals surface area contributed by atoms with Crippen LogP contribution >= 0.6 is 0 Å². The number of hydrogen-bond donors (Lipinski definition) is 0. The molecule has 0 unspecified atom stereocenters. The lowest BCUT2D eigenvalue weighted by atomic mass is 10.2. The monoisotopic (exact) mass is 396 g/mol. The molecule has 0 bridgehead atoms. The Balaban J connectivity index is 1.65. The number of piperazine rings is 1. The number of nitrogens with zero attached hydrogens (tertiary/aromatic N) is 2. The van der Waals surface area contributed by atoms with Crippen LogP contribution in [0.5, 0.6) is 5.75 Å². The minimum absolute atomic E-state index is 0.134. The van der Waals surface area contributed by atoms with Gasteiger partial charge >= 0.3 is 0 Å². The molecule has 2 aromatic carbocycles. The predicted octanol–water partition coefficient (Wildman–Crippen LogP) is 2.79. The minimum atomic E-state index is -3.66. The van der Waals surface area contributed by atoms with Crippen LogP contribution in [-0.4, -0.2) is 50.9 Å². The van der Waals surface area contributed by atoms with Gasteiger partial charge in [0.2, 0.25) is 10.0 Å². The average molecular weight is 396 g/mol. The zero-order chi connectivity index (χ0) is 19.6. The highest BCUT2D eigenvalue weighted by molar-refractivity contribution is 7.89. The summed E-state index contributed by atoms with van der Waals surface area (Å²) in [6.45, 7) is 3.85. The van der Waals surface area contributed by atoms with E-state index < -0.39 is 21.7 Å². The second kappa shape index (κ2) is 7.92. The minimum Gasteiger partial charge on any atom is -0.494 e. The van der Waals surface area contributed by atoms with Crippen LogP contribution in [0.3, 0.4) is 0 Å². The topological polar surface area (TPSA) is 49.9 Å². The summed E-state index contributed by atoms with van der Waals surface area (Å²) in [6, 6.07) is 8.52. The molecule has 2 aromatic rings. The van der Waals surface area contributed by atoms with Crippen molar-refractivity contribution in [1.29, 1.82) is 0 Å². The molecule has 0 spiro atoms. The number of benzene rings is 2. The molecular weight excluding hydrogens is 374 g/mol. The van der Waals surface area contributed by atoms with Crippen molar-refractivity contribution in [1.82, 2.24) is 9.21 Å². The molecule has 8 heteroatoms. The number of methoxy groups -OCH3 is 1. The maximum Gasteiger partial charge on any atom is 0.243 e. The van der Waals surface area contributed by atoms with E-state index in [2.05, 4.69) is 4.90 Å². The lowest BCUT2D eigenvalue weighted by Crippen LogP contribution is -2.48. The van der Waals surface area contributed by atoms with Gasteiger partial charge < -0.3 is 4.74 Å². The zero-order valence-corrected chi connectivity index (χ0v) is 16.1. The third-order valence-corrected chi connectivity index (χ3v) is 6.77. The molecule has 3 rings (SSSR count). The summed E-state index contributed by atoms with van der Waals surface area (Å²) in [6.07, 6.45) is 0. The zero-order valence-electron chi connectivity index (χ0n) is 15.3. The van der Waals surface area contributed by atoms with Crippen molar-refractivity contribution in [2.75, 3.05) is 33.3 Å². The fourth-order valence-electron chi connectivity index (χ4n) is 3.24. The lowest BCUT2D eigenvalue weighted by molar-refractivity contribution is 0.181. The first-order chi connectivity index (χ1) is 12.8.